The topological polar surface area (TPSA) is 15.3 Å². The summed E-state index contributed by atoms with van der Waals surface area (Å²) in [7, 11) is 0. The van der Waals surface area contributed by atoms with Gasteiger partial charge in [-0.25, -0.2) is 0 Å². The Morgan fingerprint density at radius 1 is 0.941 bits per heavy atom. The zero-order chi connectivity index (χ0) is 13.4. The van der Waals surface area contributed by atoms with Gasteiger partial charge >= 0.3 is 0 Å². The molecule has 0 aromatic carbocycles. The molecular formula is C15H34N2. The van der Waals surface area contributed by atoms with Crippen molar-refractivity contribution in [3.05, 3.63) is 0 Å². The maximum Gasteiger partial charge on any atom is 0.0195 e. The van der Waals surface area contributed by atoms with Gasteiger partial charge in [0.1, 0.15) is 0 Å². The molecule has 0 fully saturated rings. The SMILES string of the molecule is CCC(CC)N(CC(C)C)C(C)CNC(C)C. The van der Waals surface area contributed by atoms with Gasteiger partial charge < -0.3 is 5.32 Å². The molecule has 17 heavy (non-hydrogen) atoms. The molecule has 0 amide bonds. The van der Waals surface area contributed by atoms with Crippen LogP contribution in [-0.2, 0) is 0 Å². The van der Waals surface area contributed by atoms with E-state index in [0.717, 1.165) is 18.5 Å². The highest BCUT2D eigenvalue weighted by molar-refractivity contribution is 4.78. The fraction of sp³-hybridized carbons (Fsp3) is 1.00. The highest BCUT2D eigenvalue weighted by atomic mass is 15.2. The maximum atomic E-state index is 3.56. The molecular weight excluding hydrogens is 208 g/mol. The largest absolute Gasteiger partial charge is 0.313 e. The van der Waals surface area contributed by atoms with Crippen LogP contribution < -0.4 is 5.32 Å². The zero-order valence-electron chi connectivity index (χ0n) is 13.1. The minimum atomic E-state index is 0.583. The molecule has 0 aliphatic heterocycles. The normalized spacial score (nSPS) is 14.3. The Morgan fingerprint density at radius 3 is 1.82 bits per heavy atom. The van der Waals surface area contributed by atoms with Crippen molar-refractivity contribution in [2.45, 2.75) is 79.4 Å². The van der Waals surface area contributed by atoms with Crippen LogP contribution in [0, 0.1) is 5.92 Å². The molecule has 0 aromatic rings. The summed E-state index contributed by atoms with van der Waals surface area (Å²) in [6, 6.07) is 1.95. The molecule has 2 nitrogen and oxygen atoms in total. The standard InChI is InChI=1S/C15H34N2/c1-8-15(9-2)17(11-12(3)4)14(7)10-16-13(5)6/h12-16H,8-11H2,1-7H3. The summed E-state index contributed by atoms with van der Waals surface area (Å²) in [5.41, 5.74) is 0. The van der Waals surface area contributed by atoms with E-state index in [9.17, 15) is 0 Å². The molecule has 1 unspecified atom stereocenters. The van der Waals surface area contributed by atoms with Crippen LogP contribution in [0.5, 0.6) is 0 Å². The van der Waals surface area contributed by atoms with Crippen molar-refractivity contribution in [1.82, 2.24) is 10.2 Å². The predicted molar refractivity (Wildman–Crippen MR) is 78.5 cm³/mol. The lowest BCUT2D eigenvalue weighted by Gasteiger charge is -2.37. The van der Waals surface area contributed by atoms with Crippen molar-refractivity contribution in [3.8, 4) is 0 Å². The van der Waals surface area contributed by atoms with Crippen molar-refractivity contribution < 1.29 is 0 Å². The van der Waals surface area contributed by atoms with E-state index in [2.05, 4.69) is 58.7 Å². The predicted octanol–water partition coefficient (Wildman–Crippen LogP) is 3.52. The van der Waals surface area contributed by atoms with Crippen LogP contribution in [0.25, 0.3) is 0 Å². The summed E-state index contributed by atoms with van der Waals surface area (Å²) in [6.07, 6.45) is 2.52. The number of rotatable bonds is 9. The summed E-state index contributed by atoms with van der Waals surface area (Å²) >= 11 is 0. The molecule has 2 heteroatoms. The van der Waals surface area contributed by atoms with Gasteiger partial charge in [-0.15, -0.1) is 0 Å². The third kappa shape index (κ3) is 7.05. The van der Waals surface area contributed by atoms with Gasteiger partial charge in [0.25, 0.3) is 0 Å². The third-order valence-electron chi connectivity index (χ3n) is 3.38. The fourth-order valence-electron chi connectivity index (χ4n) is 2.39. The number of nitrogens with zero attached hydrogens (tertiary/aromatic N) is 1. The third-order valence-corrected chi connectivity index (χ3v) is 3.38. The lowest BCUT2D eigenvalue weighted by Crippen LogP contribution is -2.48. The quantitative estimate of drug-likeness (QED) is 0.665. The minimum Gasteiger partial charge on any atom is -0.313 e. The van der Waals surface area contributed by atoms with Crippen LogP contribution in [0.3, 0.4) is 0 Å². The van der Waals surface area contributed by atoms with E-state index in [1.54, 1.807) is 0 Å². The van der Waals surface area contributed by atoms with Crippen molar-refractivity contribution >= 4 is 0 Å². The molecule has 1 N–H and O–H groups in total. The Kier molecular flexibility index (Phi) is 8.89. The van der Waals surface area contributed by atoms with Crippen LogP contribution in [0.1, 0.15) is 61.3 Å². The van der Waals surface area contributed by atoms with Crippen molar-refractivity contribution in [2.24, 2.45) is 5.92 Å². The smallest absolute Gasteiger partial charge is 0.0195 e. The summed E-state index contributed by atoms with van der Waals surface area (Å²) in [6.45, 7) is 18.4. The zero-order valence-corrected chi connectivity index (χ0v) is 13.1. The Bertz CT molecular complexity index is 174. The molecule has 1 atom stereocenters. The summed E-state index contributed by atoms with van der Waals surface area (Å²) < 4.78 is 0. The van der Waals surface area contributed by atoms with Gasteiger partial charge in [-0.1, -0.05) is 41.5 Å². The molecule has 0 saturated heterocycles. The molecule has 0 rings (SSSR count). The molecule has 0 aromatic heterocycles. The lowest BCUT2D eigenvalue weighted by molar-refractivity contribution is 0.115. The first kappa shape index (κ1) is 16.9. The highest BCUT2D eigenvalue weighted by Crippen LogP contribution is 2.15. The van der Waals surface area contributed by atoms with Gasteiger partial charge in [0.15, 0.2) is 0 Å². The first-order chi connectivity index (χ1) is 7.92. The molecule has 0 aliphatic rings. The van der Waals surface area contributed by atoms with Gasteiger partial charge in [0.05, 0.1) is 0 Å². The van der Waals surface area contributed by atoms with Gasteiger partial charge in [0.2, 0.25) is 0 Å². The molecule has 0 spiro atoms. The molecule has 0 heterocycles. The fourth-order valence-corrected chi connectivity index (χ4v) is 2.39. The Morgan fingerprint density at radius 2 is 1.47 bits per heavy atom. The Hall–Kier alpha value is -0.0800. The van der Waals surface area contributed by atoms with Crippen LogP contribution in [0.15, 0.2) is 0 Å². The second kappa shape index (κ2) is 8.93. The van der Waals surface area contributed by atoms with E-state index >= 15 is 0 Å². The first-order valence-corrected chi connectivity index (χ1v) is 7.41. The van der Waals surface area contributed by atoms with Gasteiger partial charge in [-0.2, -0.15) is 0 Å². The molecule has 0 aliphatic carbocycles. The Balaban J connectivity index is 4.43. The van der Waals surface area contributed by atoms with Crippen LogP contribution in [-0.4, -0.2) is 36.1 Å². The molecule has 0 bridgehead atoms. The van der Waals surface area contributed by atoms with Crippen LogP contribution in [0.4, 0.5) is 0 Å². The van der Waals surface area contributed by atoms with Gasteiger partial charge in [-0.05, 0) is 25.7 Å². The Labute approximate surface area is 109 Å². The number of hydrogen-bond donors (Lipinski definition) is 1. The van der Waals surface area contributed by atoms with E-state index in [0.29, 0.717) is 12.1 Å². The van der Waals surface area contributed by atoms with E-state index in [-0.39, 0.29) is 0 Å². The molecule has 0 saturated carbocycles. The van der Waals surface area contributed by atoms with Gasteiger partial charge in [0, 0.05) is 31.2 Å². The second-order valence-corrected chi connectivity index (χ2v) is 5.97. The summed E-state index contributed by atoms with van der Waals surface area (Å²) in [5.74, 6) is 0.747. The minimum absolute atomic E-state index is 0.583. The first-order valence-electron chi connectivity index (χ1n) is 7.41. The highest BCUT2D eigenvalue weighted by Gasteiger charge is 2.21. The van der Waals surface area contributed by atoms with Crippen molar-refractivity contribution in [2.75, 3.05) is 13.1 Å². The van der Waals surface area contributed by atoms with Crippen molar-refractivity contribution in [3.63, 3.8) is 0 Å². The monoisotopic (exact) mass is 242 g/mol. The van der Waals surface area contributed by atoms with Crippen molar-refractivity contribution in [1.29, 1.82) is 0 Å². The number of hydrogen-bond acceptors (Lipinski definition) is 2. The van der Waals surface area contributed by atoms with Crippen LogP contribution in [0.2, 0.25) is 0 Å². The average molecular weight is 242 g/mol. The van der Waals surface area contributed by atoms with E-state index in [1.165, 1.54) is 19.4 Å². The second-order valence-electron chi connectivity index (χ2n) is 5.97. The van der Waals surface area contributed by atoms with E-state index in [1.807, 2.05) is 0 Å². The van der Waals surface area contributed by atoms with E-state index < -0.39 is 0 Å². The van der Waals surface area contributed by atoms with Gasteiger partial charge in [-0.3, -0.25) is 4.90 Å². The average Bonchev–Trinajstić information content (AvgIpc) is 2.25. The molecule has 104 valence electrons. The number of nitrogens with one attached hydrogen (secondary N) is 1. The van der Waals surface area contributed by atoms with Crippen LogP contribution >= 0.6 is 0 Å². The van der Waals surface area contributed by atoms with E-state index in [4.69, 9.17) is 0 Å². The lowest BCUT2D eigenvalue weighted by atomic mass is 10.0. The molecule has 0 radical (unpaired) electrons. The summed E-state index contributed by atoms with van der Waals surface area (Å²) in [4.78, 5) is 2.69. The maximum absolute atomic E-state index is 3.56. The summed E-state index contributed by atoms with van der Waals surface area (Å²) in [5, 5.41) is 3.56.